The number of rotatable bonds is 6. The highest BCUT2D eigenvalue weighted by Crippen LogP contribution is 2.35. The number of nitrogens with one attached hydrogen (secondary N) is 2. The predicted octanol–water partition coefficient (Wildman–Crippen LogP) is 3.62. The van der Waals surface area contributed by atoms with Gasteiger partial charge in [0, 0.05) is 43.8 Å². The summed E-state index contributed by atoms with van der Waals surface area (Å²) in [6.45, 7) is 3.18. The first kappa shape index (κ1) is 23.2. The van der Waals surface area contributed by atoms with Crippen LogP contribution in [0.15, 0.2) is 29.3 Å². The lowest BCUT2D eigenvalue weighted by molar-refractivity contribution is 0.0744. The number of aliphatic imine (C=N–C) groups is 1. The largest absolute Gasteiger partial charge is 0.356 e. The van der Waals surface area contributed by atoms with Gasteiger partial charge in [-0.1, -0.05) is 23.7 Å². The molecule has 30 heavy (non-hydrogen) atoms. The molecule has 0 saturated carbocycles. The highest BCUT2D eigenvalue weighted by Gasteiger charge is 2.31. The molecule has 2 unspecified atom stereocenters. The minimum atomic E-state index is -2.26. The van der Waals surface area contributed by atoms with Crippen molar-refractivity contribution in [2.24, 2.45) is 10.9 Å². The summed E-state index contributed by atoms with van der Waals surface area (Å²) in [5, 5.41) is 7.77. The first-order valence-corrected chi connectivity index (χ1v) is 11.3. The molecular formula is C22H34ClF2N5. The molecule has 0 aromatic heterocycles. The lowest BCUT2D eigenvalue weighted by Crippen LogP contribution is -2.51. The summed E-state index contributed by atoms with van der Waals surface area (Å²) in [5.41, 5.74) is 1.26. The van der Waals surface area contributed by atoms with E-state index in [4.69, 9.17) is 11.6 Å². The lowest BCUT2D eigenvalue weighted by atomic mass is 9.85. The number of alkyl halides is 2. The zero-order valence-corrected chi connectivity index (χ0v) is 18.7. The molecule has 3 rings (SSSR count). The fraction of sp³-hybridized carbons (Fsp3) is 0.682. The molecule has 0 amide bonds. The standard InChI is InChI=1S/C22H34ClF2N5/c1-26-22(28-19-8-11-30(12-9-19)15-20(24)25)27-14-17-6-4-10-29(2)21(17)16-5-3-7-18(23)13-16/h3,5,7,13,17,19-21H,4,6,8-12,14-15H2,1-2H3,(H2,26,27,28). The molecule has 2 aliphatic heterocycles. The summed E-state index contributed by atoms with van der Waals surface area (Å²) >= 11 is 6.25. The SMILES string of the molecule is CN=C(NCC1CCCN(C)C1c1cccc(Cl)c1)NC1CCN(CC(F)F)CC1. The number of halogens is 3. The van der Waals surface area contributed by atoms with Crippen LogP contribution in [-0.2, 0) is 0 Å². The van der Waals surface area contributed by atoms with Gasteiger partial charge in [-0.3, -0.25) is 14.8 Å². The molecule has 2 saturated heterocycles. The fourth-order valence-electron chi connectivity index (χ4n) is 4.76. The molecule has 0 bridgehead atoms. The summed E-state index contributed by atoms with van der Waals surface area (Å²) in [6.07, 6.45) is 1.77. The van der Waals surface area contributed by atoms with Crippen molar-refractivity contribution >= 4 is 17.6 Å². The van der Waals surface area contributed by atoms with Crippen LogP contribution in [0.2, 0.25) is 5.02 Å². The number of piperidine rings is 2. The Hall–Kier alpha value is -1.44. The zero-order chi connectivity index (χ0) is 21.5. The number of hydrogen-bond donors (Lipinski definition) is 2. The number of nitrogens with zero attached hydrogens (tertiary/aromatic N) is 3. The average molecular weight is 442 g/mol. The second kappa shape index (κ2) is 11.3. The van der Waals surface area contributed by atoms with Crippen molar-refractivity contribution in [3.8, 4) is 0 Å². The Labute approximate surface area is 183 Å². The van der Waals surface area contributed by atoms with Crippen LogP contribution in [0.5, 0.6) is 0 Å². The lowest BCUT2D eigenvalue weighted by Gasteiger charge is -2.40. The topological polar surface area (TPSA) is 42.9 Å². The van der Waals surface area contributed by atoms with Gasteiger partial charge in [-0.15, -0.1) is 0 Å². The van der Waals surface area contributed by atoms with Gasteiger partial charge in [-0.25, -0.2) is 8.78 Å². The van der Waals surface area contributed by atoms with E-state index in [2.05, 4.69) is 39.7 Å². The van der Waals surface area contributed by atoms with Gasteiger partial charge >= 0.3 is 0 Å². The van der Waals surface area contributed by atoms with Crippen molar-refractivity contribution in [2.45, 2.75) is 44.2 Å². The minimum absolute atomic E-state index is 0.125. The maximum atomic E-state index is 12.6. The van der Waals surface area contributed by atoms with Crippen molar-refractivity contribution in [3.05, 3.63) is 34.9 Å². The molecule has 2 fully saturated rings. The number of benzene rings is 1. The van der Waals surface area contributed by atoms with Gasteiger partial charge in [0.1, 0.15) is 0 Å². The third kappa shape index (κ3) is 6.53. The molecule has 1 aromatic carbocycles. The fourth-order valence-corrected chi connectivity index (χ4v) is 4.96. The summed E-state index contributed by atoms with van der Waals surface area (Å²) in [7, 11) is 3.96. The Balaban J connectivity index is 1.53. The van der Waals surface area contributed by atoms with E-state index < -0.39 is 6.43 Å². The Morgan fingerprint density at radius 2 is 2.00 bits per heavy atom. The molecule has 2 N–H and O–H groups in total. The number of likely N-dealkylation sites (tertiary alicyclic amines) is 2. The van der Waals surface area contributed by atoms with E-state index in [-0.39, 0.29) is 12.6 Å². The van der Waals surface area contributed by atoms with E-state index in [1.54, 1.807) is 7.05 Å². The highest BCUT2D eigenvalue weighted by molar-refractivity contribution is 6.30. The first-order valence-electron chi connectivity index (χ1n) is 10.9. The van der Waals surface area contributed by atoms with Crippen LogP contribution in [0.3, 0.4) is 0 Å². The first-order chi connectivity index (χ1) is 14.5. The van der Waals surface area contributed by atoms with Crippen molar-refractivity contribution < 1.29 is 8.78 Å². The molecule has 168 valence electrons. The minimum Gasteiger partial charge on any atom is -0.356 e. The molecule has 2 heterocycles. The van der Waals surface area contributed by atoms with Crippen LogP contribution in [-0.4, -0.2) is 75.0 Å². The molecule has 0 spiro atoms. The summed E-state index contributed by atoms with van der Waals surface area (Å²) in [6, 6.07) is 8.75. The van der Waals surface area contributed by atoms with E-state index in [9.17, 15) is 8.78 Å². The number of hydrogen-bond acceptors (Lipinski definition) is 3. The van der Waals surface area contributed by atoms with E-state index in [0.29, 0.717) is 25.0 Å². The van der Waals surface area contributed by atoms with Gasteiger partial charge in [-0.05, 0) is 62.9 Å². The van der Waals surface area contributed by atoms with Crippen LogP contribution >= 0.6 is 11.6 Å². The van der Waals surface area contributed by atoms with Crippen LogP contribution in [0.25, 0.3) is 0 Å². The third-order valence-electron chi connectivity index (χ3n) is 6.28. The molecule has 1 aromatic rings. The van der Waals surface area contributed by atoms with Crippen LogP contribution in [0.1, 0.15) is 37.3 Å². The third-order valence-corrected chi connectivity index (χ3v) is 6.51. The van der Waals surface area contributed by atoms with Gasteiger partial charge in [0.05, 0.1) is 6.54 Å². The Bertz CT molecular complexity index is 694. The smallest absolute Gasteiger partial charge is 0.251 e. The Kier molecular flexibility index (Phi) is 8.72. The van der Waals surface area contributed by atoms with Crippen LogP contribution in [0.4, 0.5) is 8.78 Å². The maximum absolute atomic E-state index is 12.6. The summed E-state index contributed by atoms with van der Waals surface area (Å²) in [4.78, 5) is 8.64. The maximum Gasteiger partial charge on any atom is 0.251 e. The van der Waals surface area contributed by atoms with Gasteiger partial charge < -0.3 is 10.6 Å². The predicted molar refractivity (Wildman–Crippen MR) is 120 cm³/mol. The second-order valence-corrected chi connectivity index (χ2v) is 8.88. The average Bonchev–Trinajstić information content (AvgIpc) is 2.72. The molecule has 5 nitrogen and oxygen atoms in total. The molecule has 0 radical (unpaired) electrons. The molecule has 2 aliphatic rings. The van der Waals surface area contributed by atoms with Crippen molar-refractivity contribution in [1.82, 2.24) is 20.4 Å². The van der Waals surface area contributed by atoms with E-state index in [1.807, 2.05) is 17.0 Å². The summed E-state index contributed by atoms with van der Waals surface area (Å²) in [5.74, 6) is 1.24. The van der Waals surface area contributed by atoms with E-state index in [1.165, 1.54) is 12.0 Å². The zero-order valence-electron chi connectivity index (χ0n) is 18.0. The van der Waals surface area contributed by atoms with E-state index in [0.717, 1.165) is 43.3 Å². The second-order valence-electron chi connectivity index (χ2n) is 8.45. The number of guanidine groups is 1. The van der Waals surface area contributed by atoms with Crippen LogP contribution < -0.4 is 10.6 Å². The van der Waals surface area contributed by atoms with Crippen molar-refractivity contribution in [1.29, 1.82) is 0 Å². The quantitative estimate of drug-likeness (QED) is 0.522. The van der Waals surface area contributed by atoms with Crippen LogP contribution in [0, 0.1) is 5.92 Å². The summed E-state index contributed by atoms with van der Waals surface area (Å²) < 4.78 is 25.1. The van der Waals surface area contributed by atoms with Gasteiger partial charge in [-0.2, -0.15) is 0 Å². The van der Waals surface area contributed by atoms with Gasteiger partial charge in [0.2, 0.25) is 0 Å². The Morgan fingerprint density at radius 1 is 1.23 bits per heavy atom. The molecular weight excluding hydrogens is 408 g/mol. The van der Waals surface area contributed by atoms with Gasteiger partial charge in [0.15, 0.2) is 5.96 Å². The van der Waals surface area contributed by atoms with Crippen molar-refractivity contribution in [2.75, 3.05) is 46.8 Å². The highest BCUT2D eigenvalue weighted by atomic mass is 35.5. The normalized spacial score (nSPS) is 24.9. The Morgan fingerprint density at radius 3 is 2.67 bits per heavy atom. The van der Waals surface area contributed by atoms with Gasteiger partial charge in [0.25, 0.3) is 6.43 Å². The molecule has 2 atom stereocenters. The van der Waals surface area contributed by atoms with E-state index >= 15 is 0 Å². The molecule has 8 heteroatoms. The van der Waals surface area contributed by atoms with Crippen molar-refractivity contribution in [3.63, 3.8) is 0 Å². The monoisotopic (exact) mass is 441 g/mol. The molecule has 0 aliphatic carbocycles.